The first-order valence-electron chi connectivity index (χ1n) is 4.11. The summed E-state index contributed by atoms with van der Waals surface area (Å²) in [7, 11) is 0. The molecule has 1 nitrogen and oxygen atoms in total. The molecule has 0 radical (unpaired) electrons. The first kappa shape index (κ1) is 7.99. The van der Waals surface area contributed by atoms with E-state index in [1.54, 1.807) is 0 Å². The number of hydrogen-bond donors (Lipinski definition) is 0. The summed E-state index contributed by atoms with van der Waals surface area (Å²) in [6.07, 6.45) is 10.5. The van der Waals surface area contributed by atoms with Gasteiger partial charge in [0.2, 0.25) is 0 Å². The highest BCUT2D eigenvalue weighted by Gasteiger charge is 2.16. The molecule has 2 heteroatoms. The van der Waals surface area contributed by atoms with Crippen LogP contribution in [0.2, 0.25) is 0 Å². The summed E-state index contributed by atoms with van der Waals surface area (Å²) in [6, 6.07) is 0. The summed E-state index contributed by atoms with van der Waals surface area (Å²) in [5, 5.41) is 1.02. The summed E-state index contributed by atoms with van der Waals surface area (Å²) in [6.45, 7) is 0. The first-order chi connectivity index (χ1) is 5.92. The van der Waals surface area contributed by atoms with Gasteiger partial charge in [0.25, 0.3) is 0 Å². The Hall–Kier alpha value is -0.630. The van der Waals surface area contributed by atoms with Gasteiger partial charge in [-0.05, 0) is 12.0 Å². The van der Waals surface area contributed by atoms with Gasteiger partial charge < -0.3 is 0 Å². The predicted molar refractivity (Wildman–Crippen MR) is 55.8 cm³/mol. The van der Waals surface area contributed by atoms with Gasteiger partial charge in [-0.25, -0.2) is 0 Å². The maximum absolute atomic E-state index is 4.37. The van der Waals surface area contributed by atoms with Crippen molar-refractivity contribution in [3.8, 4) is 0 Å². The Morgan fingerprint density at radius 2 is 2.42 bits per heavy atom. The van der Waals surface area contributed by atoms with Crippen LogP contribution in [0, 0.1) is 0 Å². The van der Waals surface area contributed by atoms with Crippen molar-refractivity contribution in [3.63, 3.8) is 0 Å². The van der Waals surface area contributed by atoms with Crippen LogP contribution in [0.1, 0.15) is 12.8 Å². The van der Waals surface area contributed by atoms with Gasteiger partial charge in [-0.15, -0.1) is 0 Å². The van der Waals surface area contributed by atoms with E-state index in [9.17, 15) is 0 Å². The first-order valence-corrected chi connectivity index (χ1v) is 5.23. The second-order valence-corrected chi connectivity index (χ2v) is 3.67. The maximum Gasteiger partial charge on any atom is 0.0516 e. The Morgan fingerprint density at radius 3 is 3.25 bits per heavy atom. The Labute approximate surface area is 80.7 Å². The minimum absolute atomic E-state index is 0.994. The van der Waals surface area contributed by atoms with Crippen molar-refractivity contribution in [1.29, 1.82) is 0 Å². The average Bonchev–Trinajstić information content (AvgIpc) is 2.50. The van der Waals surface area contributed by atoms with Gasteiger partial charge in [0.05, 0.1) is 5.71 Å². The molecule has 0 saturated heterocycles. The van der Waals surface area contributed by atoms with Gasteiger partial charge in [-0.1, -0.05) is 34.2 Å². The predicted octanol–water partition coefficient (Wildman–Crippen LogP) is 3.00. The van der Waals surface area contributed by atoms with Gasteiger partial charge >= 0.3 is 0 Å². The van der Waals surface area contributed by atoms with E-state index < -0.39 is 0 Å². The Morgan fingerprint density at radius 1 is 1.50 bits per heavy atom. The highest BCUT2D eigenvalue weighted by molar-refractivity contribution is 9.09. The van der Waals surface area contributed by atoms with E-state index >= 15 is 0 Å². The lowest BCUT2D eigenvalue weighted by Crippen LogP contribution is -2.02. The molecule has 0 N–H and O–H groups in total. The summed E-state index contributed by atoms with van der Waals surface area (Å²) < 4.78 is 0. The number of allylic oxidation sites excluding steroid dienone is 5. The smallest absolute Gasteiger partial charge is 0.0516 e. The second-order valence-electron chi connectivity index (χ2n) is 2.88. The molecule has 0 aromatic heterocycles. The number of nitrogens with zero attached hydrogens (tertiary/aromatic N) is 1. The zero-order valence-electron chi connectivity index (χ0n) is 6.76. The van der Waals surface area contributed by atoms with E-state index in [2.05, 4.69) is 39.2 Å². The molecule has 0 amide bonds. The summed E-state index contributed by atoms with van der Waals surface area (Å²) in [4.78, 5) is 4.37. The molecule has 0 aromatic rings. The molecule has 0 bridgehead atoms. The van der Waals surface area contributed by atoms with E-state index in [1.165, 1.54) is 16.9 Å². The molecule has 0 atom stereocenters. The topological polar surface area (TPSA) is 12.4 Å². The maximum atomic E-state index is 4.37. The van der Waals surface area contributed by atoms with Gasteiger partial charge in [0.1, 0.15) is 0 Å². The summed E-state index contributed by atoms with van der Waals surface area (Å²) in [5.74, 6) is 0. The molecule has 0 fully saturated rings. The van der Waals surface area contributed by atoms with Crippen LogP contribution in [-0.2, 0) is 0 Å². The van der Waals surface area contributed by atoms with E-state index in [1.807, 2.05) is 6.20 Å². The van der Waals surface area contributed by atoms with Crippen molar-refractivity contribution in [3.05, 3.63) is 35.6 Å². The van der Waals surface area contributed by atoms with Crippen LogP contribution in [0.4, 0.5) is 0 Å². The van der Waals surface area contributed by atoms with Gasteiger partial charge in [-0.2, -0.15) is 0 Å². The molecular formula is C10H10BrN. The van der Waals surface area contributed by atoms with Crippen LogP contribution >= 0.6 is 15.9 Å². The lowest BCUT2D eigenvalue weighted by atomic mass is 9.96. The van der Waals surface area contributed by atoms with E-state index in [0.717, 1.165) is 18.2 Å². The Balaban J connectivity index is 2.22. The van der Waals surface area contributed by atoms with Gasteiger partial charge in [-0.3, -0.25) is 4.99 Å². The average molecular weight is 224 g/mol. The lowest BCUT2D eigenvalue weighted by Gasteiger charge is -2.08. The third-order valence-electron chi connectivity index (χ3n) is 2.11. The Kier molecular flexibility index (Phi) is 2.26. The third-order valence-corrected chi connectivity index (χ3v) is 2.50. The van der Waals surface area contributed by atoms with Crippen molar-refractivity contribution in [2.45, 2.75) is 12.8 Å². The van der Waals surface area contributed by atoms with Crippen molar-refractivity contribution < 1.29 is 0 Å². The second kappa shape index (κ2) is 3.40. The number of rotatable bonds is 2. The van der Waals surface area contributed by atoms with Crippen molar-refractivity contribution in [2.75, 3.05) is 5.33 Å². The SMILES string of the molecule is BrCCC1=CN=C2CC=CC=C12. The zero-order valence-corrected chi connectivity index (χ0v) is 8.34. The van der Waals surface area contributed by atoms with Crippen LogP contribution in [0.5, 0.6) is 0 Å². The third kappa shape index (κ3) is 1.31. The lowest BCUT2D eigenvalue weighted by molar-refractivity contribution is 1.16. The van der Waals surface area contributed by atoms with E-state index in [0.29, 0.717) is 0 Å². The van der Waals surface area contributed by atoms with Crippen molar-refractivity contribution >= 4 is 21.6 Å². The molecule has 0 unspecified atom stereocenters. The van der Waals surface area contributed by atoms with Crippen LogP contribution in [0.15, 0.2) is 40.6 Å². The van der Waals surface area contributed by atoms with Crippen molar-refractivity contribution in [1.82, 2.24) is 0 Å². The monoisotopic (exact) mass is 223 g/mol. The minimum atomic E-state index is 0.994. The van der Waals surface area contributed by atoms with Crippen LogP contribution in [-0.4, -0.2) is 11.0 Å². The standard InChI is InChI=1S/C10H10BrN/c11-6-5-8-7-12-10-4-2-1-3-9(8)10/h1-3,7H,4-6H2. The highest BCUT2D eigenvalue weighted by Crippen LogP contribution is 2.26. The molecule has 2 aliphatic rings. The number of hydrogen-bond acceptors (Lipinski definition) is 1. The number of aliphatic imine (C=N–C) groups is 1. The van der Waals surface area contributed by atoms with Crippen LogP contribution in [0.3, 0.4) is 0 Å². The minimum Gasteiger partial charge on any atom is -0.260 e. The van der Waals surface area contributed by atoms with E-state index in [4.69, 9.17) is 0 Å². The number of halogens is 1. The Bertz CT molecular complexity index is 308. The molecule has 0 saturated carbocycles. The quantitative estimate of drug-likeness (QED) is 0.639. The van der Waals surface area contributed by atoms with Crippen LogP contribution in [0.25, 0.3) is 0 Å². The van der Waals surface area contributed by atoms with Crippen molar-refractivity contribution in [2.24, 2.45) is 4.99 Å². The number of fused-ring (bicyclic) bond motifs is 1. The fourth-order valence-corrected chi connectivity index (χ4v) is 1.92. The molecule has 2 rings (SSSR count). The zero-order chi connectivity index (χ0) is 8.39. The van der Waals surface area contributed by atoms with Crippen LogP contribution < -0.4 is 0 Å². The molecule has 12 heavy (non-hydrogen) atoms. The molecule has 1 heterocycles. The highest BCUT2D eigenvalue weighted by atomic mass is 79.9. The van der Waals surface area contributed by atoms with Gasteiger partial charge in [0.15, 0.2) is 0 Å². The fourth-order valence-electron chi connectivity index (χ4n) is 1.49. The summed E-state index contributed by atoms with van der Waals surface area (Å²) >= 11 is 3.44. The number of alkyl halides is 1. The molecule has 1 aliphatic heterocycles. The van der Waals surface area contributed by atoms with E-state index in [-0.39, 0.29) is 0 Å². The fraction of sp³-hybridized carbons (Fsp3) is 0.300. The molecule has 0 spiro atoms. The molecule has 0 aromatic carbocycles. The molecule has 1 aliphatic carbocycles. The summed E-state index contributed by atoms with van der Waals surface area (Å²) in [5.41, 5.74) is 3.94. The molecular weight excluding hydrogens is 214 g/mol. The largest absolute Gasteiger partial charge is 0.260 e. The molecule has 62 valence electrons. The van der Waals surface area contributed by atoms with Gasteiger partial charge in [0, 0.05) is 23.5 Å². The normalized spacial score (nSPS) is 19.9.